The van der Waals surface area contributed by atoms with Gasteiger partial charge in [0.2, 0.25) is 0 Å². The largest absolute Gasteiger partial charge is 0.356 e. The number of rotatable bonds is 6. The Balaban J connectivity index is 1.75. The molecular formula is C17H31N5S. The molecule has 0 spiro atoms. The van der Waals surface area contributed by atoms with Crippen LogP contribution in [-0.4, -0.2) is 61.0 Å². The number of likely N-dealkylation sites (tertiary alicyclic amines) is 1. The van der Waals surface area contributed by atoms with E-state index in [1.807, 2.05) is 14.0 Å². The third kappa shape index (κ3) is 6.11. The molecule has 0 aromatic carbocycles. The lowest BCUT2D eigenvalue weighted by Gasteiger charge is -2.30. The first kappa shape index (κ1) is 18.2. The zero-order valence-electron chi connectivity index (χ0n) is 15.0. The first-order valence-corrected chi connectivity index (χ1v) is 9.51. The Labute approximate surface area is 144 Å². The van der Waals surface area contributed by atoms with E-state index in [-0.39, 0.29) is 0 Å². The second-order valence-corrected chi connectivity index (χ2v) is 7.67. The molecule has 1 unspecified atom stereocenters. The molecule has 0 bridgehead atoms. The van der Waals surface area contributed by atoms with Gasteiger partial charge in [0.15, 0.2) is 5.96 Å². The Kier molecular flexibility index (Phi) is 7.30. The van der Waals surface area contributed by atoms with E-state index in [0.29, 0.717) is 5.92 Å². The molecule has 2 heterocycles. The molecule has 0 saturated carbocycles. The summed E-state index contributed by atoms with van der Waals surface area (Å²) in [5.74, 6) is 1.57. The molecule has 1 aliphatic rings. The lowest BCUT2D eigenvalue weighted by atomic mass is 10.1. The summed E-state index contributed by atoms with van der Waals surface area (Å²) in [5.41, 5.74) is 1.11. The van der Waals surface area contributed by atoms with Gasteiger partial charge in [0.25, 0.3) is 0 Å². The number of guanidine groups is 1. The van der Waals surface area contributed by atoms with Crippen molar-refractivity contribution in [1.29, 1.82) is 0 Å². The number of aliphatic imine (C=N–C) groups is 1. The normalized spacial score (nSPS) is 18.0. The van der Waals surface area contributed by atoms with Gasteiger partial charge in [0.1, 0.15) is 0 Å². The topological polar surface area (TPSA) is 43.8 Å². The van der Waals surface area contributed by atoms with E-state index >= 15 is 0 Å². The van der Waals surface area contributed by atoms with Gasteiger partial charge in [0, 0.05) is 32.6 Å². The van der Waals surface area contributed by atoms with Crippen molar-refractivity contribution in [1.82, 2.24) is 20.1 Å². The number of thiazole rings is 1. The molecule has 1 fully saturated rings. The maximum atomic E-state index is 4.53. The lowest BCUT2D eigenvalue weighted by Crippen LogP contribution is -2.43. The first-order valence-electron chi connectivity index (χ1n) is 8.63. The number of aryl methyl sites for hydroxylation is 1. The first-order chi connectivity index (χ1) is 11.1. The quantitative estimate of drug-likeness (QED) is 0.640. The Morgan fingerprint density at radius 1 is 1.43 bits per heavy atom. The summed E-state index contributed by atoms with van der Waals surface area (Å²) in [4.78, 5) is 13.7. The number of hydrogen-bond acceptors (Lipinski definition) is 4. The average Bonchev–Trinajstić information content (AvgIpc) is 2.94. The smallest absolute Gasteiger partial charge is 0.193 e. The maximum absolute atomic E-state index is 4.53. The molecule has 1 N–H and O–H groups in total. The molecule has 6 heteroatoms. The fraction of sp³-hybridized carbons (Fsp3) is 0.765. The highest BCUT2D eigenvalue weighted by molar-refractivity contribution is 7.09. The number of hydrogen-bond donors (Lipinski definition) is 1. The number of piperidine rings is 1. The summed E-state index contributed by atoms with van der Waals surface area (Å²) in [6, 6.07) is 0. The molecule has 1 aromatic rings. The molecule has 23 heavy (non-hydrogen) atoms. The molecule has 130 valence electrons. The standard InChI is InChI=1S/C17H31N5S/c1-14(11-22-8-6-5-7-9-22)10-19-17(18-3)21(4)12-16-13-23-15(2)20-16/h13-14H,5-12H2,1-4H3,(H,18,19). The lowest BCUT2D eigenvalue weighted by molar-refractivity contribution is 0.200. The van der Waals surface area contributed by atoms with E-state index in [0.717, 1.165) is 29.8 Å². The zero-order valence-corrected chi connectivity index (χ0v) is 15.8. The molecule has 2 rings (SSSR count). The van der Waals surface area contributed by atoms with Crippen molar-refractivity contribution in [3.8, 4) is 0 Å². The van der Waals surface area contributed by atoms with Crippen molar-refractivity contribution in [2.45, 2.75) is 39.7 Å². The minimum Gasteiger partial charge on any atom is -0.356 e. The number of nitrogens with zero attached hydrogens (tertiary/aromatic N) is 4. The van der Waals surface area contributed by atoms with Crippen LogP contribution in [-0.2, 0) is 6.54 Å². The van der Waals surface area contributed by atoms with Crippen LogP contribution < -0.4 is 5.32 Å². The number of aromatic nitrogens is 1. The highest BCUT2D eigenvalue weighted by Crippen LogP contribution is 2.11. The third-order valence-corrected chi connectivity index (χ3v) is 5.09. The van der Waals surface area contributed by atoms with E-state index in [4.69, 9.17) is 0 Å². The predicted molar refractivity (Wildman–Crippen MR) is 99.1 cm³/mol. The van der Waals surface area contributed by atoms with Crippen LogP contribution >= 0.6 is 11.3 Å². The van der Waals surface area contributed by atoms with Crippen molar-refractivity contribution >= 4 is 17.3 Å². The van der Waals surface area contributed by atoms with Gasteiger partial charge in [-0.2, -0.15) is 0 Å². The van der Waals surface area contributed by atoms with E-state index in [9.17, 15) is 0 Å². The van der Waals surface area contributed by atoms with E-state index in [1.165, 1.54) is 38.9 Å². The maximum Gasteiger partial charge on any atom is 0.193 e. The van der Waals surface area contributed by atoms with Crippen molar-refractivity contribution in [2.24, 2.45) is 10.9 Å². The van der Waals surface area contributed by atoms with Crippen LogP contribution in [0.4, 0.5) is 0 Å². The molecule has 1 aromatic heterocycles. The zero-order chi connectivity index (χ0) is 16.7. The van der Waals surface area contributed by atoms with E-state index < -0.39 is 0 Å². The van der Waals surface area contributed by atoms with E-state index in [2.05, 4.69) is 44.4 Å². The van der Waals surface area contributed by atoms with Crippen LogP contribution in [0.2, 0.25) is 0 Å². The Hall–Kier alpha value is -1.14. The Bertz CT molecular complexity index is 493. The molecule has 1 aliphatic heterocycles. The summed E-state index contributed by atoms with van der Waals surface area (Å²) in [6.45, 7) is 9.83. The van der Waals surface area contributed by atoms with Crippen LogP contribution in [0.3, 0.4) is 0 Å². The van der Waals surface area contributed by atoms with Crippen LogP contribution in [0, 0.1) is 12.8 Å². The SMILES string of the molecule is CN=C(NCC(C)CN1CCCCC1)N(C)Cc1csc(C)n1. The second kappa shape index (κ2) is 9.23. The second-order valence-electron chi connectivity index (χ2n) is 6.61. The fourth-order valence-electron chi connectivity index (χ4n) is 3.10. The molecule has 1 saturated heterocycles. The molecule has 0 aliphatic carbocycles. The van der Waals surface area contributed by atoms with Gasteiger partial charge in [0.05, 0.1) is 17.2 Å². The monoisotopic (exact) mass is 337 g/mol. The van der Waals surface area contributed by atoms with Crippen LogP contribution in [0.1, 0.15) is 36.9 Å². The number of nitrogens with one attached hydrogen (secondary N) is 1. The highest BCUT2D eigenvalue weighted by atomic mass is 32.1. The Morgan fingerprint density at radius 2 is 2.17 bits per heavy atom. The summed E-state index contributed by atoms with van der Waals surface area (Å²) in [7, 11) is 3.92. The van der Waals surface area contributed by atoms with Gasteiger partial charge in [-0.1, -0.05) is 13.3 Å². The highest BCUT2D eigenvalue weighted by Gasteiger charge is 2.15. The van der Waals surface area contributed by atoms with Gasteiger partial charge in [-0.05, 0) is 38.8 Å². The molecule has 0 amide bonds. The summed E-state index contributed by atoms with van der Waals surface area (Å²) in [5, 5.41) is 6.75. The van der Waals surface area contributed by atoms with Crippen LogP contribution in [0.15, 0.2) is 10.4 Å². The van der Waals surface area contributed by atoms with Gasteiger partial charge in [-0.3, -0.25) is 4.99 Å². The average molecular weight is 338 g/mol. The molecule has 5 nitrogen and oxygen atoms in total. The van der Waals surface area contributed by atoms with Crippen molar-refractivity contribution < 1.29 is 0 Å². The van der Waals surface area contributed by atoms with Gasteiger partial charge >= 0.3 is 0 Å². The molecule has 0 radical (unpaired) electrons. The summed E-state index contributed by atoms with van der Waals surface area (Å²) in [6.07, 6.45) is 4.12. The third-order valence-electron chi connectivity index (χ3n) is 4.27. The summed E-state index contributed by atoms with van der Waals surface area (Å²) >= 11 is 1.70. The van der Waals surface area contributed by atoms with Crippen molar-refractivity contribution in [3.63, 3.8) is 0 Å². The fourth-order valence-corrected chi connectivity index (χ4v) is 3.70. The minimum atomic E-state index is 0.625. The van der Waals surface area contributed by atoms with Crippen LogP contribution in [0.5, 0.6) is 0 Å². The predicted octanol–water partition coefficient (Wildman–Crippen LogP) is 2.58. The van der Waals surface area contributed by atoms with Gasteiger partial charge in [-0.15, -0.1) is 11.3 Å². The van der Waals surface area contributed by atoms with Crippen LogP contribution in [0.25, 0.3) is 0 Å². The summed E-state index contributed by atoms with van der Waals surface area (Å²) < 4.78 is 0. The van der Waals surface area contributed by atoms with Gasteiger partial charge < -0.3 is 15.1 Å². The molecule has 1 atom stereocenters. The minimum absolute atomic E-state index is 0.625. The van der Waals surface area contributed by atoms with E-state index in [1.54, 1.807) is 11.3 Å². The Morgan fingerprint density at radius 3 is 2.78 bits per heavy atom. The van der Waals surface area contributed by atoms with Gasteiger partial charge in [-0.25, -0.2) is 4.98 Å². The van der Waals surface area contributed by atoms with Crippen molar-refractivity contribution in [3.05, 3.63) is 16.1 Å². The molecular weight excluding hydrogens is 306 g/mol. The van der Waals surface area contributed by atoms with Crippen molar-refractivity contribution in [2.75, 3.05) is 40.3 Å².